The van der Waals surface area contributed by atoms with Crippen LogP contribution in [0.2, 0.25) is 0 Å². The SMILES string of the molecule is CCN(CC)S(=O)(=O)c1c(C)nn(S(=O)(=O)c2ccc(F)cc2)c1C. The van der Waals surface area contributed by atoms with E-state index in [0.717, 1.165) is 24.3 Å². The molecule has 0 aliphatic heterocycles. The fourth-order valence-electron chi connectivity index (χ4n) is 2.61. The number of aryl methyl sites for hydroxylation is 1. The summed E-state index contributed by atoms with van der Waals surface area (Å²) in [7, 11) is -8.00. The zero-order valence-electron chi connectivity index (χ0n) is 14.4. The van der Waals surface area contributed by atoms with Crippen molar-refractivity contribution in [2.24, 2.45) is 0 Å². The monoisotopic (exact) mass is 389 g/mol. The number of rotatable bonds is 6. The van der Waals surface area contributed by atoms with Gasteiger partial charge in [-0.05, 0) is 38.1 Å². The van der Waals surface area contributed by atoms with Crippen LogP contribution in [-0.4, -0.2) is 43.4 Å². The van der Waals surface area contributed by atoms with Crippen LogP contribution >= 0.6 is 0 Å². The van der Waals surface area contributed by atoms with Crippen LogP contribution in [0.25, 0.3) is 0 Å². The van der Waals surface area contributed by atoms with Gasteiger partial charge in [0, 0.05) is 13.1 Å². The summed E-state index contributed by atoms with van der Waals surface area (Å²) in [6.45, 7) is 6.75. The molecule has 1 aromatic heterocycles. The van der Waals surface area contributed by atoms with Crippen molar-refractivity contribution in [3.8, 4) is 0 Å². The van der Waals surface area contributed by atoms with Gasteiger partial charge in [-0.3, -0.25) is 0 Å². The minimum Gasteiger partial charge on any atom is -0.207 e. The summed E-state index contributed by atoms with van der Waals surface area (Å²) < 4.78 is 66.0. The van der Waals surface area contributed by atoms with E-state index in [1.54, 1.807) is 13.8 Å². The van der Waals surface area contributed by atoms with Crippen molar-refractivity contribution in [2.75, 3.05) is 13.1 Å². The Morgan fingerprint density at radius 1 is 1.04 bits per heavy atom. The molecular formula is C15H20FN3O4S2. The van der Waals surface area contributed by atoms with Gasteiger partial charge in [-0.2, -0.15) is 21.9 Å². The first-order chi connectivity index (χ1) is 11.6. The largest absolute Gasteiger partial charge is 0.283 e. The predicted molar refractivity (Wildman–Crippen MR) is 90.8 cm³/mol. The molecule has 0 aliphatic carbocycles. The van der Waals surface area contributed by atoms with Crippen LogP contribution in [-0.2, 0) is 20.0 Å². The Balaban J connectivity index is 2.66. The molecule has 2 aromatic rings. The lowest BCUT2D eigenvalue weighted by molar-refractivity contribution is 0.444. The highest BCUT2D eigenvalue weighted by molar-refractivity contribution is 7.90. The highest BCUT2D eigenvalue weighted by atomic mass is 32.2. The molecule has 2 rings (SSSR count). The molecule has 138 valence electrons. The average Bonchev–Trinajstić information content (AvgIpc) is 2.84. The topological polar surface area (TPSA) is 89.3 Å². The van der Waals surface area contributed by atoms with Gasteiger partial charge in [-0.1, -0.05) is 13.8 Å². The summed E-state index contributed by atoms with van der Waals surface area (Å²) in [6.07, 6.45) is 0. The minimum atomic E-state index is -4.13. The Morgan fingerprint density at radius 2 is 1.56 bits per heavy atom. The van der Waals surface area contributed by atoms with Crippen LogP contribution in [0.4, 0.5) is 4.39 Å². The van der Waals surface area contributed by atoms with Gasteiger partial charge in [0.15, 0.2) is 0 Å². The number of aromatic nitrogens is 2. The fraction of sp³-hybridized carbons (Fsp3) is 0.400. The van der Waals surface area contributed by atoms with E-state index in [2.05, 4.69) is 5.10 Å². The lowest BCUT2D eigenvalue weighted by atomic mass is 10.4. The summed E-state index contributed by atoms with van der Waals surface area (Å²) in [6, 6.07) is 4.26. The molecule has 0 fully saturated rings. The normalized spacial score (nSPS) is 12.7. The Kier molecular flexibility index (Phi) is 5.35. The zero-order chi connectivity index (χ0) is 19.0. The van der Waals surface area contributed by atoms with E-state index in [1.807, 2.05) is 0 Å². The smallest absolute Gasteiger partial charge is 0.207 e. The lowest BCUT2D eigenvalue weighted by Gasteiger charge is -2.18. The van der Waals surface area contributed by atoms with E-state index in [-0.39, 0.29) is 34.3 Å². The van der Waals surface area contributed by atoms with Crippen molar-refractivity contribution >= 4 is 20.0 Å². The van der Waals surface area contributed by atoms with Crippen molar-refractivity contribution in [3.05, 3.63) is 41.5 Å². The first-order valence-electron chi connectivity index (χ1n) is 7.64. The number of hydrogen-bond acceptors (Lipinski definition) is 5. The van der Waals surface area contributed by atoms with Crippen LogP contribution in [0.1, 0.15) is 25.2 Å². The first-order valence-corrected chi connectivity index (χ1v) is 10.5. The van der Waals surface area contributed by atoms with Crippen LogP contribution in [0, 0.1) is 19.7 Å². The van der Waals surface area contributed by atoms with E-state index in [0.29, 0.717) is 4.09 Å². The molecule has 1 heterocycles. The van der Waals surface area contributed by atoms with E-state index in [9.17, 15) is 21.2 Å². The summed E-state index contributed by atoms with van der Waals surface area (Å²) >= 11 is 0. The second kappa shape index (κ2) is 6.85. The number of sulfonamides is 1. The zero-order valence-corrected chi connectivity index (χ0v) is 16.0. The second-order valence-electron chi connectivity index (χ2n) is 5.39. The third kappa shape index (κ3) is 3.33. The molecule has 0 bridgehead atoms. The van der Waals surface area contributed by atoms with Gasteiger partial charge < -0.3 is 0 Å². The van der Waals surface area contributed by atoms with E-state index < -0.39 is 25.9 Å². The maximum absolute atomic E-state index is 13.0. The van der Waals surface area contributed by atoms with Crippen molar-refractivity contribution in [1.29, 1.82) is 0 Å². The minimum absolute atomic E-state index is 0.00581. The Morgan fingerprint density at radius 3 is 2.04 bits per heavy atom. The third-order valence-corrected chi connectivity index (χ3v) is 7.81. The fourth-order valence-corrected chi connectivity index (χ4v) is 5.84. The van der Waals surface area contributed by atoms with Crippen molar-refractivity contribution in [1.82, 2.24) is 13.5 Å². The number of nitrogens with zero attached hydrogens (tertiary/aromatic N) is 3. The Labute approximate surface area is 147 Å². The van der Waals surface area contributed by atoms with Gasteiger partial charge in [0.2, 0.25) is 10.0 Å². The molecule has 0 aliphatic rings. The standard InChI is InChI=1S/C15H20FN3O4S2/c1-5-18(6-2)25(22,23)15-11(3)17-19(12(15)4)24(20,21)14-9-7-13(16)8-10-14/h7-10H,5-6H2,1-4H3. The summed E-state index contributed by atoms with van der Waals surface area (Å²) in [5, 5.41) is 3.93. The summed E-state index contributed by atoms with van der Waals surface area (Å²) in [5.74, 6) is -0.572. The molecule has 1 aromatic carbocycles. The lowest BCUT2D eigenvalue weighted by Crippen LogP contribution is -2.31. The van der Waals surface area contributed by atoms with Gasteiger partial charge in [0.25, 0.3) is 10.0 Å². The maximum Gasteiger partial charge on any atom is 0.283 e. The van der Waals surface area contributed by atoms with Crippen LogP contribution < -0.4 is 0 Å². The second-order valence-corrected chi connectivity index (χ2v) is 9.03. The molecule has 0 N–H and O–H groups in total. The van der Waals surface area contributed by atoms with Crippen molar-refractivity contribution in [2.45, 2.75) is 37.5 Å². The van der Waals surface area contributed by atoms with E-state index in [4.69, 9.17) is 0 Å². The van der Waals surface area contributed by atoms with Gasteiger partial charge >= 0.3 is 0 Å². The van der Waals surface area contributed by atoms with E-state index in [1.165, 1.54) is 18.2 Å². The molecule has 0 atom stereocenters. The molecule has 0 amide bonds. The van der Waals surface area contributed by atoms with Crippen LogP contribution in [0.15, 0.2) is 34.1 Å². The molecule has 7 nitrogen and oxygen atoms in total. The van der Waals surface area contributed by atoms with E-state index >= 15 is 0 Å². The van der Waals surface area contributed by atoms with Crippen LogP contribution in [0.3, 0.4) is 0 Å². The van der Waals surface area contributed by atoms with Crippen LogP contribution in [0.5, 0.6) is 0 Å². The van der Waals surface area contributed by atoms with Gasteiger partial charge in [-0.15, -0.1) is 0 Å². The van der Waals surface area contributed by atoms with Crippen molar-refractivity contribution < 1.29 is 21.2 Å². The molecule has 0 unspecified atom stereocenters. The van der Waals surface area contributed by atoms with Gasteiger partial charge in [0.05, 0.1) is 16.3 Å². The number of hydrogen-bond donors (Lipinski definition) is 0. The summed E-state index contributed by atoms with van der Waals surface area (Å²) in [4.78, 5) is -0.298. The average molecular weight is 389 g/mol. The molecule has 10 heteroatoms. The Hall–Kier alpha value is -1.78. The molecule has 0 spiro atoms. The first kappa shape index (κ1) is 19.5. The molecule has 25 heavy (non-hydrogen) atoms. The Bertz CT molecular complexity index is 977. The predicted octanol–water partition coefficient (Wildman–Crippen LogP) is 1.91. The highest BCUT2D eigenvalue weighted by Gasteiger charge is 2.32. The number of halogens is 1. The summed E-state index contributed by atoms with van der Waals surface area (Å²) in [5.41, 5.74) is 0.0869. The molecule has 0 saturated heterocycles. The maximum atomic E-state index is 13.0. The van der Waals surface area contributed by atoms with Gasteiger partial charge in [-0.25, -0.2) is 12.8 Å². The number of benzene rings is 1. The molecule has 0 radical (unpaired) electrons. The molecule has 0 saturated carbocycles. The molecular weight excluding hydrogens is 369 g/mol. The third-order valence-electron chi connectivity index (χ3n) is 3.83. The quantitative estimate of drug-likeness (QED) is 0.753. The highest BCUT2D eigenvalue weighted by Crippen LogP contribution is 2.26. The van der Waals surface area contributed by atoms with Gasteiger partial charge in [0.1, 0.15) is 10.7 Å². The van der Waals surface area contributed by atoms with Crippen molar-refractivity contribution in [3.63, 3.8) is 0 Å².